The molecule has 2 rings (SSSR count). The fraction of sp³-hybridized carbons (Fsp3) is 0.385. The normalized spacial score (nSPS) is 14.0. The predicted octanol–water partition coefficient (Wildman–Crippen LogP) is 0.398. The quantitative estimate of drug-likeness (QED) is 0.704. The molecular formula is C13H14F3N3O5S. The van der Waals surface area contributed by atoms with Crippen molar-refractivity contribution in [3.05, 3.63) is 44.1 Å². The topological polar surface area (TPSA) is 135 Å². The maximum absolute atomic E-state index is 13.2. The number of hydrogen-bond acceptors (Lipinski definition) is 5. The van der Waals surface area contributed by atoms with Gasteiger partial charge in [-0.3, -0.25) is 4.79 Å². The molecule has 0 saturated carbocycles. The molecule has 0 spiro atoms. The van der Waals surface area contributed by atoms with E-state index in [9.17, 15) is 36.3 Å². The number of aliphatic hydroxyl groups is 1. The zero-order valence-electron chi connectivity index (χ0n) is 12.8. The third-order valence-electron chi connectivity index (χ3n) is 3.51. The summed E-state index contributed by atoms with van der Waals surface area (Å²) >= 11 is 0. The molecule has 138 valence electrons. The molecule has 1 aromatic heterocycles. The van der Waals surface area contributed by atoms with Crippen molar-refractivity contribution in [1.29, 1.82) is 0 Å². The van der Waals surface area contributed by atoms with Crippen LogP contribution in [-0.2, 0) is 22.1 Å². The fourth-order valence-electron chi connectivity index (χ4n) is 2.36. The standard InChI is InChI=1S/C13H14F3N3O5S/c1-2-10(20)6-3-7-9(4-8(6)13(14,15)16)18-12(22)19(11(7)21)5-25(17,23)24/h3-4,10,20H,2,5H2,1H3,(H,18,22)(H2,17,23,24). The number of nitrogens with two attached hydrogens (primary N) is 1. The van der Waals surface area contributed by atoms with E-state index in [0.29, 0.717) is 6.07 Å². The molecule has 0 saturated heterocycles. The number of primary sulfonamides is 1. The van der Waals surface area contributed by atoms with Crippen LogP contribution in [0.5, 0.6) is 0 Å². The summed E-state index contributed by atoms with van der Waals surface area (Å²) in [6, 6.07) is 1.33. The summed E-state index contributed by atoms with van der Waals surface area (Å²) in [7, 11) is -4.24. The zero-order chi connectivity index (χ0) is 19.2. The number of aromatic amines is 1. The second kappa shape index (κ2) is 6.28. The van der Waals surface area contributed by atoms with Crippen LogP contribution in [-0.4, -0.2) is 23.1 Å². The molecular weight excluding hydrogens is 367 g/mol. The van der Waals surface area contributed by atoms with Crippen LogP contribution in [0, 0.1) is 0 Å². The highest BCUT2D eigenvalue weighted by molar-refractivity contribution is 7.88. The number of nitrogens with zero attached hydrogens (tertiary/aromatic N) is 1. The molecule has 12 heteroatoms. The van der Waals surface area contributed by atoms with E-state index in [4.69, 9.17) is 5.14 Å². The Labute approximate surface area is 138 Å². The number of fused-ring (bicyclic) bond motifs is 1. The molecule has 1 unspecified atom stereocenters. The first-order valence-electron chi connectivity index (χ1n) is 6.91. The number of halogens is 3. The van der Waals surface area contributed by atoms with Gasteiger partial charge in [-0.05, 0) is 24.1 Å². The van der Waals surface area contributed by atoms with E-state index in [0.717, 1.165) is 6.07 Å². The van der Waals surface area contributed by atoms with Gasteiger partial charge in [0.15, 0.2) is 0 Å². The summed E-state index contributed by atoms with van der Waals surface area (Å²) in [6.45, 7) is 1.45. The number of rotatable bonds is 4. The average Bonchev–Trinajstić information content (AvgIpc) is 2.47. The number of benzene rings is 1. The van der Waals surface area contributed by atoms with Crippen molar-refractivity contribution < 1.29 is 26.7 Å². The van der Waals surface area contributed by atoms with Crippen molar-refractivity contribution in [2.45, 2.75) is 31.5 Å². The number of sulfonamides is 1. The van der Waals surface area contributed by atoms with Crippen molar-refractivity contribution in [3.63, 3.8) is 0 Å². The predicted molar refractivity (Wildman–Crippen MR) is 82.2 cm³/mol. The molecule has 1 aromatic carbocycles. The Morgan fingerprint density at radius 3 is 2.40 bits per heavy atom. The van der Waals surface area contributed by atoms with Crippen molar-refractivity contribution in [2.24, 2.45) is 5.14 Å². The van der Waals surface area contributed by atoms with Gasteiger partial charge in [-0.1, -0.05) is 6.92 Å². The molecule has 0 aliphatic rings. The Morgan fingerprint density at radius 2 is 1.92 bits per heavy atom. The Bertz CT molecular complexity index is 1040. The van der Waals surface area contributed by atoms with Crippen LogP contribution in [0.3, 0.4) is 0 Å². The highest BCUT2D eigenvalue weighted by Gasteiger charge is 2.35. The van der Waals surface area contributed by atoms with Gasteiger partial charge in [-0.25, -0.2) is 22.9 Å². The number of aliphatic hydroxyl groups excluding tert-OH is 1. The van der Waals surface area contributed by atoms with Crippen molar-refractivity contribution in [2.75, 3.05) is 0 Å². The van der Waals surface area contributed by atoms with E-state index in [-0.39, 0.29) is 16.4 Å². The van der Waals surface area contributed by atoms with E-state index >= 15 is 0 Å². The van der Waals surface area contributed by atoms with E-state index in [2.05, 4.69) is 0 Å². The second-order valence-electron chi connectivity index (χ2n) is 5.36. The highest BCUT2D eigenvalue weighted by Crippen LogP contribution is 2.36. The van der Waals surface area contributed by atoms with Crippen LogP contribution >= 0.6 is 0 Å². The summed E-state index contributed by atoms with van der Waals surface area (Å²) in [5.41, 5.74) is -4.53. The number of alkyl halides is 3. The van der Waals surface area contributed by atoms with Crippen molar-refractivity contribution in [3.8, 4) is 0 Å². The Hall–Kier alpha value is -2.18. The highest BCUT2D eigenvalue weighted by atomic mass is 32.2. The number of aromatic nitrogens is 2. The summed E-state index contributed by atoms with van der Waals surface area (Å²) in [5, 5.41) is 14.3. The molecule has 2 aromatic rings. The summed E-state index contributed by atoms with van der Waals surface area (Å²) in [4.78, 5) is 26.2. The molecule has 0 bridgehead atoms. The maximum atomic E-state index is 13.2. The second-order valence-corrected chi connectivity index (χ2v) is 6.95. The molecule has 0 amide bonds. The lowest BCUT2D eigenvalue weighted by Crippen LogP contribution is -2.39. The van der Waals surface area contributed by atoms with E-state index in [1.807, 2.05) is 4.98 Å². The first-order chi connectivity index (χ1) is 11.3. The lowest BCUT2D eigenvalue weighted by Gasteiger charge is -2.17. The van der Waals surface area contributed by atoms with Crippen molar-refractivity contribution in [1.82, 2.24) is 9.55 Å². The molecule has 25 heavy (non-hydrogen) atoms. The van der Waals surface area contributed by atoms with E-state index < -0.39 is 56.1 Å². The average molecular weight is 381 g/mol. The smallest absolute Gasteiger partial charge is 0.388 e. The maximum Gasteiger partial charge on any atom is 0.416 e. The van der Waals surface area contributed by atoms with Gasteiger partial charge in [0.05, 0.1) is 22.6 Å². The lowest BCUT2D eigenvalue weighted by molar-refractivity contribution is -0.139. The minimum Gasteiger partial charge on any atom is -0.388 e. The summed E-state index contributed by atoms with van der Waals surface area (Å²) in [5.74, 6) is -1.14. The van der Waals surface area contributed by atoms with Crippen LogP contribution in [0.15, 0.2) is 21.7 Å². The number of hydrogen-bond donors (Lipinski definition) is 3. The van der Waals surface area contributed by atoms with Gasteiger partial charge in [0.2, 0.25) is 10.0 Å². The third-order valence-corrected chi connectivity index (χ3v) is 4.13. The summed E-state index contributed by atoms with van der Waals surface area (Å²) in [6.07, 6.45) is -6.38. The van der Waals surface area contributed by atoms with Gasteiger partial charge in [0.1, 0.15) is 5.88 Å². The Balaban J connectivity index is 2.90. The van der Waals surface area contributed by atoms with E-state index in [1.54, 1.807) is 0 Å². The third kappa shape index (κ3) is 3.91. The fourth-order valence-corrected chi connectivity index (χ4v) is 2.95. The lowest BCUT2D eigenvalue weighted by atomic mass is 9.98. The summed E-state index contributed by atoms with van der Waals surface area (Å²) < 4.78 is 62.1. The van der Waals surface area contributed by atoms with Crippen LogP contribution in [0.1, 0.15) is 30.6 Å². The molecule has 0 aliphatic carbocycles. The Kier molecular flexibility index (Phi) is 4.81. The molecule has 1 atom stereocenters. The van der Waals surface area contributed by atoms with Crippen molar-refractivity contribution >= 4 is 20.9 Å². The van der Waals surface area contributed by atoms with Gasteiger partial charge in [-0.15, -0.1) is 0 Å². The molecule has 1 heterocycles. The minimum absolute atomic E-state index is 0.0523. The SMILES string of the molecule is CCC(O)c1cc2c(=O)n(CS(N)(=O)=O)c(=O)[nH]c2cc1C(F)(F)F. The monoisotopic (exact) mass is 381 g/mol. The first kappa shape index (κ1) is 19.1. The van der Waals surface area contributed by atoms with Gasteiger partial charge in [0.25, 0.3) is 5.56 Å². The van der Waals surface area contributed by atoms with Crippen LogP contribution < -0.4 is 16.4 Å². The molecule has 0 radical (unpaired) electrons. The van der Waals surface area contributed by atoms with Gasteiger partial charge < -0.3 is 10.1 Å². The van der Waals surface area contributed by atoms with Crippen LogP contribution in [0.4, 0.5) is 13.2 Å². The van der Waals surface area contributed by atoms with Gasteiger partial charge >= 0.3 is 11.9 Å². The Morgan fingerprint density at radius 1 is 1.32 bits per heavy atom. The largest absolute Gasteiger partial charge is 0.416 e. The van der Waals surface area contributed by atoms with Gasteiger partial charge in [0, 0.05) is 0 Å². The van der Waals surface area contributed by atoms with Crippen LogP contribution in [0.25, 0.3) is 10.9 Å². The first-order valence-corrected chi connectivity index (χ1v) is 8.63. The molecule has 4 N–H and O–H groups in total. The van der Waals surface area contributed by atoms with Gasteiger partial charge in [-0.2, -0.15) is 13.2 Å². The zero-order valence-corrected chi connectivity index (χ0v) is 13.6. The van der Waals surface area contributed by atoms with Crippen LogP contribution in [0.2, 0.25) is 0 Å². The molecule has 8 nitrogen and oxygen atoms in total. The van der Waals surface area contributed by atoms with E-state index in [1.165, 1.54) is 6.92 Å². The number of nitrogens with one attached hydrogen (secondary N) is 1. The molecule has 0 fully saturated rings. The minimum atomic E-state index is -4.83. The number of H-pyrrole nitrogens is 1. The molecule has 0 aliphatic heterocycles.